The van der Waals surface area contributed by atoms with Crippen molar-refractivity contribution in [3.8, 4) is 5.75 Å². The Hall–Kier alpha value is -1.68. The molecule has 1 aromatic heterocycles. The first-order valence-corrected chi connectivity index (χ1v) is 6.71. The molecule has 2 aromatic rings. The van der Waals surface area contributed by atoms with E-state index in [-0.39, 0.29) is 0 Å². The fourth-order valence-corrected chi connectivity index (χ4v) is 2.05. The topological polar surface area (TPSA) is 53.1 Å². The van der Waals surface area contributed by atoms with E-state index in [1.54, 1.807) is 0 Å². The molecule has 0 radical (unpaired) electrons. The minimum Gasteiger partial charge on any atom is -0.494 e. The third-order valence-corrected chi connectivity index (χ3v) is 3.06. The van der Waals surface area contributed by atoms with Crippen LogP contribution < -0.4 is 10.5 Å². The summed E-state index contributed by atoms with van der Waals surface area (Å²) in [6, 6.07) is 9.32. The molecule has 1 heterocycles. The van der Waals surface area contributed by atoms with Crippen LogP contribution in [0, 0.1) is 6.92 Å². The zero-order valence-corrected chi connectivity index (χ0v) is 11.7. The summed E-state index contributed by atoms with van der Waals surface area (Å²) >= 11 is 5.88. The molecule has 4 nitrogen and oxygen atoms in total. The summed E-state index contributed by atoms with van der Waals surface area (Å²) in [5.74, 6) is 1.39. The van der Waals surface area contributed by atoms with Gasteiger partial charge in [0.05, 0.1) is 6.61 Å². The van der Waals surface area contributed by atoms with Gasteiger partial charge < -0.3 is 10.5 Å². The quantitative estimate of drug-likeness (QED) is 0.826. The van der Waals surface area contributed by atoms with Gasteiger partial charge in [-0.3, -0.25) is 4.68 Å². The number of anilines is 1. The van der Waals surface area contributed by atoms with Gasteiger partial charge in [0, 0.05) is 23.3 Å². The molecular formula is C14H18ClN3O. The highest BCUT2D eigenvalue weighted by Crippen LogP contribution is 2.17. The van der Waals surface area contributed by atoms with E-state index in [0.717, 1.165) is 30.8 Å². The summed E-state index contributed by atoms with van der Waals surface area (Å²) in [7, 11) is 0. The lowest BCUT2D eigenvalue weighted by molar-refractivity contribution is 0.301. The molecule has 0 spiro atoms. The first-order valence-electron chi connectivity index (χ1n) is 6.33. The van der Waals surface area contributed by atoms with Crippen LogP contribution in [0.5, 0.6) is 5.75 Å². The molecule has 0 saturated carbocycles. The molecule has 0 aliphatic heterocycles. The Labute approximate surface area is 118 Å². The molecule has 0 aliphatic carbocycles. The Bertz CT molecular complexity index is 539. The number of hydrogen-bond acceptors (Lipinski definition) is 3. The van der Waals surface area contributed by atoms with Crippen LogP contribution in [0.1, 0.15) is 18.5 Å². The molecule has 1 aromatic carbocycles. The van der Waals surface area contributed by atoms with E-state index in [1.165, 1.54) is 0 Å². The lowest BCUT2D eigenvalue weighted by atomic mass is 10.3. The van der Waals surface area contributed by atoms with Gasteiger partial charge in [-0.1, -0.05) is 17.7 Å². The summed E-state index contributed by atoms with van der Waals surface area (Å²) in [5.41, 5.74) is 6.72. The second-order valence-electron chi connectivity index (χ2n) is 4.45. The molecule has 0 fully saturated rings. The molecular weight excluding hydrogens is 262 g/mol. The summed E-state index contributed by atoms with van der Waals surface area (Å²) in [4.78, 5) is 0. The number of halogens is 1. The number of benzene rings is 1. The van der Waals surface area contributed by atoms with Crippen molar-refractivity contribution < 1.29 is 4.74 Å². The molecule has 0 bridgehead atoms. The highest BCUT2D eigenvalue weighted by molar-refractivity contribution is 6.30. The maximum atomic E-state index is 5.88. The van der Waals surface area contributed by atoms with Gasteiger partial charge in [0.25, 0.3) is 0 Å². The zero-order chi connectivity index (χ0) is 13.7. The fourth-order valence-electron chi connectivity index (χ4n) is 1.87. The normalized spacial score (nSPS) is 10.6. The highest BCUT2D eigenvalue weighted by Gasteiger charge is 2.01. The van der Waals surface area contributed by atoms with Gasteiger partial charge in [-0.25, -0.2) is 0 Å². The molecule has 5 heteroatoms. The van der Waals surface area contributed by atoms with Gasteiger partial charge in [0.15, 0.2) is 0 Å². The monoisotopic (exact) mass is 279 g/mol. The number of nitrogen functional groups attached to an aromatic ring is 1. The van der Waals surface area contributed by atoms with Crippen LogP contribution >= 0.6 is 11.6 Å². The van der Waals surface area contributed by atoms with Crippen LogP contribution in [0.25, 0.3) is 0 Å². The second-order valence-corrected chi connectivity index (χ2v) is 4.88. The molecule has 0 saturated heterocycles. The molecule has 102 valence electrons. The average Bonchev–Trinajstić information content (AvgIpc) is 2.68. The maximum absolute atomic E-state index is 5.88. The Balaban J connectivity index is 1.69. The third-order valence-electron chi connectivity index (χ3n) is 2.83. The van der Waals surface area contributed by atoms with Crippen molar-refractivity contribution in [3.63, 3.8) is 0 Å². The number of nitrogens with two attached hydrogens (primary N) is 1. The maximum Gasteiger partial charge on any atom is 0.145 e. The lowest BCUT2D eigenvalue weighted by Crippen LogP contribution is -2.05. The van der Waals surface area contributed by atoms with Crippen LogP contribution in [0.2, 0.25) is 5.02 Å². The van der Waals surface area contributed by atoms with Crippen LogP contribution in [-0.4, -0.2) is 16.4 Å². The van der Waals surface area contributed by atoms with E-state index in [0.29, 0.717) is 17.4 Å². The molecule has 0 amide bonds. The Kier molecular flexibility index (Phi) is 4.68. The van der Waals surface area contributed by atoms with Gasteiger partial charge in [-0.15, -0.1) is 0 Å². The first kappa shape index (κ1) is 13.7. The van der Waals surface area contributed by atoms with Crippen molar-refractivity contribution in [1.29, 1.82) is 0 Å². The van der Waals surface area contributed by atoms with Gasteiger partial charge in [-0.2, -0.15) is 5.10 Å². The number of nitrogens with zero attached hydrogens (tertiary/aromatic N) is 2. The molecule has 2 N–H and O–H groups in total. The number of hydrogen-bond donors (Lipinski definition) is 1. The Morgan fingerprint density at radius 2 is 2.16 bits per heavy atom. The largest absolute Gasteiger partial charge is 0.494 e. The highest BCUT2D eigenvalue weighted by atomic mass is 35.5. The van der Waals surface area contributed by atoms with Crippen molar-refractivity contribution in [3.05, 3.63) is 41.0 Å². The standard InChI is InChI=1S/C14H18ClN3O/c1-11-9-14(16)17-18(11)7-2-3-8-19-13-6-4-5-12(15)10-13/h4-6,9-10H,2-3,7-8H2,1H3,(H2,16,17). The minimum absolute atomic E-state index is 0.577. The lowest BCUT2D eigenvalue weighted by Gasteiger charge is -2.07. The second kappa shape index (κ2) is 6.48. The smallest absolute Gasteiger partial charge is 0.145 e. The summed E-state index contributed by atoms with van der Waals surface area (Å²) in [5, 5.41) is 4.91. The average molecular weight is 280 g/mol. The summed E-state index contributed by atoms with van der Waals surface area (Å²) in [6.07, 6.45) is 1.97. The van der Waals surface area contributed by atoms with Crippen molar-refractivity contribution in [2.24, 2.45) is 0 Å². The van der Waals surface area contributed by atoms with Gasteiger partial charge in [-0.05, 0) is 38.0 Å². The van der Waals surface area contributed by atoms with Gasteiger partial charge >= 0.3 is 0 Å². The molecule has 0 atom stereocenters. The molecule has 0 unspecified atom stereocenters. The molecule has 0 aliphatic rings. The van der Waals surface area contributed by atoms with Gasteiger partial charge in [0.2, 0.25) is 0 Å². The minimum atomic E-state index is 0.577. The van der Waals surface area contributed by atoms with Crippen LogP contribution in [-0.2, 0) is 6.54 Å². The van der Waals surface area contributed by atoms with E-state index in [4.69, 9.17) is 22.1 Å². The molecule has 2 rings (SSSR count). The predicted molar refractivity (Wildman–Crippen MR) is 77.6 cm³/mol. The first-order chi connectivity index (χ1) is 9.15. The number of ether oxygens (including phenoxy) is 1. The van der Waals surface area contributed by atoms with Crippen molar-refractivity contribution in [1.82, 2.24) is 9.78 Å². The number of aryl methyl sites for hydroxylation is 2. The summed E-state index contributed by atoms with van der Waals surface area (Å²) in [6.45, 7) is 3.55. The van der Waals surface area contributed by atoms with Crippen molar-refractivity contribution in [2.75, 3.05) is 12.3 Å². The number of unbranched alkanes of at least 4 members (excludes halogenated alkanes) is 1. The fraction of sp³-hybridized carbons (Fsp3) is 0.357. The predicted octanol–water partition coefficient (Wildman–Crippen LogP) is 3.29. The van der Waals surface area contributed by atoms with Crippen LogP contribution in [0.3, 0.4) is 0 Å². The Morgan fingerprint density at radius 1 is 1.32 bits per heavy atom. The SMILES string of the molecule is Cc1cc(N)nn1CCCCOc1cccc(Cl)c1. The van der Waals surface area contributed by atoms with E-state index < -0.39 is 0 Å². The van der Waals surface area contributed by atoms with Crippen LogP contribution in [0.15, 0.2) is 30.3 Å². The van der Waals surface area contributed by atoms with E-state index in [9.17, 15) is 0 Å². The molecule has 19 heavy (non-hydrogen) atoms. The van der Waals surface area contributed by atoms with Crippen molar-refractivity contribution in [2.45, 2.75) is 26.3 Å². The van der Waals surface area contributed by atoms with Gasteiger partial charge in [0.1, 0.15) is 11.6 Å². The van der Waals surface area contributed by atoms with Crippen molar-refractivity contribution >= 4 is 17.4 Å². The van der Waals surface area contributed by atoms with E-state index >= 15 is 0 Å². The summed E-state index contributed by atoms with van der Waals surface area (Å²) < 4.78 is 7.55. The number of aromatic nitrogens is 2. The zero-order valence-electron chi connectivity index (χ0n) is 11.0. The third kappa shape index (κ3) is 4.17. The van der Waals surface area contributed by atoms with E-state index in [1.807, 2.05) is 41.9 Å². The van der Waals surface area contributed by atoms with Crippen LogP contribution in [0.4, 0.5) is 5.82 Å². The van der Waals surface area contributed by atoms with E-state index in [2.05, 4.69) is 5.10 Å². The Morgan fingerprint density at radius 3 is 2.84 bits per heavy atom. The number of rotatable bonds is 6.